The molecule has 1 aromatic rings. The van der Waals surface area contributed by atoms with Crippen LogP contribution in [-0.2, 0) is 16.1 Å². The molecule has 0 saturated heterocycles. The fourth-order valence-corrected chi connectivity index (χ4v) is 1.81. The van der Waals surface area contributed by atoms with Crippen molar-refractivity contribution in [3.63, 3.8) is 0 Å². The van der Waals surface area contributed by atoms with Crippen LogP contribution in [0.25, 0.3) is 0 Å². The average Bonchev–Trinajstić information content (AvgIpc) is 2.31. The first-order valence-corrected chi connectivity index (χ1v) is 6.82. The van der Waals surface area contributed by atoms with E-state index in [9.17, 15) is 9.59 Å². The quantitative estimate of drug-likeness (QED) is 0.849. The summed E-state index contributed by atoms with van der Waals surface area (Å²) in [4.78, 5) is 24.4. The maximum absolute atomic E-state index is 11.6. The molecule has 1 rings (SSSR count). The maximum atomic E-state index is 11.6. The minimum atomic E-state index is -0.0372. The molecule has 0 aromatic heterocycles. The van der Waals surface area contributed by atoms with Crippen LogP contribution in [0.5, 0.6) is 0 Å². The van der Waals surface area contributed by atoms with Gasteiger partial charge >= 0.3 is 0 Å². The number of rotatable bonds is 5. The summed E-state index contributed by atoms with van der Waals surface area (Å²) in [6.45, 7) is 2.01. The molecule has 0 unspecified atom stereocenters. The number of hydrogen-bond donors (Lipinski definition) is 1. The van der Waals surface area contributed by atoms with Crippen molar-refractivity contribution in [1.29, 1.82) is 0 Å². The van der Waals surface area contributed by atoms with Crippen LogP contribution < -0.4 is 5.32 Å². The van der Waals surface area contributed by atoms with Crippen LogP contribution in [0.3, 0.4) is 0 Å². The van der Waals surface area contributed by atoms with E-state index in [4.69, 9.17) is 0 Å². The SMILES string of the molecule is CC(=O)N(C)Cc1ccccc1NC(=O)CCBr. The molecule has 0 bridgehead atoms. The number of amides is 2. The zero-order chi connectivity index (χ0) is 13.5. The molecule has 0 fully saturated rings. The molecule has 5 heteroatoms. The van der Waals surface area contributed by atoms with Gasteiger partial charge in [0.1, 0.15) is 0 Å². The highest BCUT2D eigenvalue weighted by Gasteiger charge is 2.09. The van der Waals surface area contributed by atoms with Crippen LogP contribution in [-0.4, -0.2) is 29.1 Å². The van der Waals surface area contributed by atoms with Crippen LogP contribution in [0.1, 0.15) is 18.9 Å². The third kappa shape index (κ3) is 4.49. The van der Waals surface area contributed by atoms with Gasteiger partial charge in [-0.2, -0.15) is 0 Å². The lowest BCUT2D eigenvalue weighted by molar-refractivity contribution is -0.128. The van der Waals surface area contributed by atoms with Crippen molar-refractivity contribution in [2.45, 2.75) is 19.9 Å². The van der Waals surface area contributed by atoms with Gasteiger partial charge in [0.2, 0.25) is 11.8 Å². The van der Waals surface area contributed by atoms with E-state index >= 15 is 0 Å². The predicted octanol–water partition coefficient (Wildman–Crippen LogP) is 2.39. The summed E-state index contributed by atoms with van der Waals surface area (Å²) in [6.07, 6.45) is 0.427. The van der Waals surface area contributed by atoms with E-state index in [1.54, 1.807) is 11.9 Å². The maximum Gasteiger partial charge on any atom is 0.225 e. The van der Waals surface area contributed by atoms with Crippen LogP contribution in [0, 0.1) is 0 Å². The first kappa shape index (κ1) is 14.7. The number of para-hydroxylation sites is 1. The second-order valence-electron chi connectivity index (χ2n) is 4.02. The average molecular weight is 313 g/mol. The lowest BCUT2D eigenvalue weighted by Gasteiger charge is -2.17. The van der Waals surface area contributed by atoms with Gasteiger partial charge < -0.3 is 10.2 Å². The van der Waals surface area contributed by atoms with E-state index in [0.717, 1.165) is 11.3 Å². The molecule has 1 aromatic carbocycles. The van der Waals surface area contributed by atoms with Gasteiger partial charge in [-0.3, -0.25) is 9.59 Å². The number of nitrogens with one attached hydrogen (secondary N) is 1. The van der Waals surface area contributed by atoms with E-state index in [1.165, 1.54) is 6.92 Å². The monoisotopic (exact) mass is 312 g/mol. The largest absolute Gasteiger partial charge is 0.342 e. The number of hydrogen-bond acceptors (Lipinski definition) is 2. The molecular weight excluding hydrogens is 296 g/mol. The van der Waals surface area contributed by atoms with E-state index in [1.807, 2.05) is 24.3 Å². The van der Waals surface area contributed by atoms with Crippen molar-refractivity contribution < 1.29 is 9.59 Å². The zero-order valence-corrected chi connectivity index (χ0v) is 12.2. The van der Waals surface area contributed by atoms with Gasteiger partial charge in [0.25, 0.3) is 0 Å². The lowest BCUT2D eigenvalue weighted by atomic mass is 10.1. The van der Waals surface area contributed by atoms with Crippen LogP contribution >= 0.6 is 15.9 Å². The van der Waals surface area contributed by atoms with Crippen molar-refractivity contribution in [2.75, 3.05) is 17.7 Å². The number of nitrogens with zero attached hydrogens (tertiary/aromatic N) is 1. The molecule has 0 saturated carbocycles. The first-order chi connectivity index (χ1) is 8.54. The molecule has 0 atom stereocenters. The molecule has 2 amide bonds. The van der Waals surface area contributed by atoms with Crippen LogP contribution in [0.15, 0.2) is 24.3 Å². The molecule has 0 aliphatic heterocycles. The summed E-state index contributed by atoms with van der Waals surface area (Å²) < 4.78 is 0. The lowest BCUT2D eigenvalue weighted by Crippen LogP contribution is -2.24. The van der Waals surface area contributed by atoms with E-state index < -0.39 is 0 Å². The molecule has 0 aliphatic carbocycles. The molecule has 0 spiro atoms. The van der Waals surface area contributed by atoms with Crippen LogP contribution in [0.2, 0.25) is 0 Å². The second-order valence-corrected chi connectivity index (χ2v) is 4.81. The van der Waals surface area contributed by atoms with Gasteiger partial charge in [0.15, 0.2) is 0 Å². The molecule has 1 N–H and O–H groups in total. The number of halogens is 1. The standard InChI is InChI=1S/C13H17BrN2O2/c1-10(17)16(2)9-11-5-3-4-6-12(11)15-13(18)7-8-14/h3-6H,7-9H2,1-2H3,(H,15,18). The Morgan fingerprint density at radius 3 is 2.61 bits per heavy atom. The molecule has 4 nitrogen and oxygen atoms in total. The second kappa shape index (κ2) is 7.16. The molecular formula is C13H17BrN2O2. The van der Waals surface area contributed by atoms with Crippen molar-refractivity contribution in [3.8, 4) is 0 Å². The van der Waals surface area contributed by atoms with Crippen LogP contribution in [0.4, 0.5) is 5.69 Å². The molecule has 0 aliphatic rings. The van der Waals surface area contributed by atoms with Gasteiger partial charge in [-0.25, -0.2) is 0 Å². The number of carbonyl (C=O) groups excluding carboxylic acids is 2. The highest BCUT2D eigenvalue weighted by Crippen LogP contribution is 2.17. The normalized spacial score (nSPS) is 9.94. The first-order valence-electron chi connectivity index (χ1n) is 5.70. The van der Waals surface area contributed by atoms with Crippen molar-refractivity contribution in [1.82, 2.24) is 4.90 Å². The van der Waals surface area contributed by atoms with E-state index in [-0.39, 0.29) is 11.8 Å². The minimum absolute atomic E-state index is 0.00316. The Kier molecular flexibility index (Phi) is 5.85. The van der Waals surface area contributed by atoms with Gasteiger partial charge in [0, 0.05) is 38.0 Å². The Balaban J connectivity index is 2.79. The number of benzene rings is 1. The van der Waals surface area contributed by atoms with Gasteiger partial charge in [-0.05, 0) is 11.6 Å². The summed E-state index contributed by atoms with van der Waals surface area (Å²) >= 11 is 3.23. The molecule has 98 valence electrons. The minimum Gasteiger partial charge on any atom is -0.342 e. The van der Waals surface area contributed by atoms with E-state index in [2.05, 4.69) is 21.2 Å². The Morgan fingerprint density at radius 2 is 2.00 bits per heavy atom. The Bertz CT molecular complexity index is 435. The van der Waals surface area contributed by atoms with Crippen molar-refractivity contribution >= 4 is 33.4 Å². The van der Waals surface area contributed by atoms with Gasteiger partial charge in [0.05, 0.1) is 0 Å². The zero-order valence-electron chi connectivity index (χ0n) is 10.6. The number of alkyl halides is 1. The number of carbonyl (C=O) groups is 2. The summed E-state index contributed by atoms with van der Waals surface area (Å²) in [5, 5.41) is 3.48. The Morgan fingerprint density at radius 1 is 1.33 bits per heavy atom. The molecule has 18 heavy (non-hydrogen) atoms. The summed E-state index contributed by atoms with van der Waals surface area (Å²) in [5.74, 6) is -0.0404. The fraction of sp³-hybridized carbons (Fsp3) is 0.385. The third-order valence-electron chi connectivity index (χ3n) is 2.56. The third-order valence-corrected chi connectivity index (χ3v) is 2.95. The number of anilines is 1. The summed E-state index contributed by atoms with van der Waals surface area (Å²) in [5.41, 5.74) is 1.69. The highest BCUT2D eigenvalue weighted by molar-refractivity contribution is 9.09. The van der Waals surface area contributed by atoms with Crippen molar-refractivity contribution in [2.24, 2.45) is 0 Å². The smallest absolute Gasteiger partial charge is 0.225 e. The summed E-state index contributed by atoms with van der Waals surface area (Å²) in [7, 11) is 1.74. The summed E-state index contributed by atoms with van der Waals surface area (Å²) in [6, 6.07) is 7.50. The van der Waals surface area contributed by atoms with Crippen molar-refractivity contribution in [3.05, 3.63) is 29.8 Å². The molecule has 0 radical (unpaired) electrons. The van der Waals surface area contributed by atoms with Gasteiger partial charge in [-0.15, -0.1) is 0 Å². The van der Waals surface area contributed by atoms with E-state index in [0.29, 0.717) is 18.3 Å². The Hall–Kier alpha value is -1.36. The molecule has 0 heterocycles. The topological polar surface area (TPSA) is 49.4 Å². The predicted molar refractivity (Wildman–Crippen MR) is 75.6 cm³/mol. The highest BCUT2D eigenvalue weighted by atomic mass is 79.9. The Labute approximate surface area is 115 Å². The fourth-order valence-electron chi connectivity index (χ4n) is 1.45. The van der Waals surface area contributed by atoms with Gasteiger partial charge in [-0.1, -0.05) is 34.1 Å².